The Hall–Kier alpha value is -2.95. The molecule has 0 bridgehead atoms. The van der Waals surface area contributed by atoms with Crippen molar-refractivity contribution in [3.8, 4) is 0 Å². The Balaban J connectivity index is 1.69. The third kappa shape index (κ3) is 3.35. The van der Waals surface area contributed by atoms with E-state index in [9.17, 15) is 9.59 Å². The molecule has 1 heterocycles. The van der Waals surface area contributed by atoms with E-state index in [1.165, 1.54) is 10.9 Å². The van der Waals surface area contributed by atoms with Gasteiger partial charge in [0.25, 0.3) is 5.56 Å². The van der Waals surface area contributed by atoms with Crippen molar-refractivity contribution in [2.75, 3.05) is 6.54 Å². The minimum atomic E-state index is -0.606. The summed E-state index contributed by atoms with van der Waals surface area (Å²) in [6.45, 7) is 2.23. The molecule has 1 amide bonds. The van der Waals surface area contributed by atoms with Gasteiger partial charge in [0.05, 0.1) is 17.2 Å². The van der Waals surface area contributed by atoms with Gasteiger partial charge in [-0.05, 0) is 31.0 Å². The monoisotopic (exact) mass is 321 g/mol. The number of nitrogens with zero attached hydrogens (tertiary/aromatic N) is 2. The standard InChI is InChI=1S/C19H19N3O2/c1-14(18(23)20-12-11-15-7-3-2-4-8-15)22-13-21-17-10-6-5-9-16(17)19(22)24/h2-10,13-14H,11-12H2,1H3,(H,20,23). The van der Waals surface area contributed by atoms with Crippen LogP contribution in [0.4, 0.5) is 0 Å². The van der Waals surface area contributed by atoms with Gasteiger partial charge in [0, 0.05) is 6.54 Å². The van der Waals surface area contributed by atoms with E-state index >= 15 is 0 Å². The van der Waals surface area contributed by atoms with E-state index in [0.29, 0.717) is 17.4 Å². The first-order valence-corrected chi connectivity index (χ1v) is 7.94. The molecule has 122 valence electrons. The summed E-state index contributed by atoms with van der Waals surface area (Å²) in [6, 6.07) is 16.5. The van der Waals surface area contributed by atoms with E-state index < -0.39 is 6.04 Å². The normalized spacial score (nSPS) is 12.0. The maximum atomic E-state index is 12.5. The van der Waals surface area contributed by atoms with Crippen molar-refractivity contribution in [1.29, 1.82) is 0 Å². The zero-order valence-electron chi connectivity index (χ0n) is 13.5. The van der Waals surface area contributed by atoms with Gasteiger partial charge in [-0.25, -0.2) is 4.98 Å². The van der Waals surface area contributed by atoms with Gasteiger partial charge in [-0.3, -0.25) is 14.2 Å². The number of carbonyl (C=O) groups excluding carboxylic acids is 1. The summed E-state index contributed by atoms with van der Waals surface area (Å²) >= 11 is 0. The Bertz CT molecular complexity index is 903. The zero-order chi connectivity index (χ0) is 16.9. The van der Waals surface area contributed by atoms with Crippen molar-refractivity contribution in [2.45, 2.75) is 19.4 Å². The molecule has 1 N–H and O–H groups in total. The van der Waals surface area contributed by atoms with Gasteiger partial charge in [-0.1, -0.05) is 42.5 Å². The molecule has 1 aromatic heterocycles. The number of fused-ring (bicyclic) bond motifs is 1. The molecule has 0 spiro atoms. The Morgan fingerprint density at radius 1 is 1.12 bits per heavy atom. The van der Waals surface area contributed by atoms with Crippen LogP contribution in [0.3, 0.4) is 0 Å². The minimum Gasteiger partial charge on any atom is -0.354 e. The highest BCUT2D eigenvalue weighted by Crippen LogP contribution is 2.08. The van der Waals surface area contributed by atoms with Gasteiger partial charge in [-0.15, -0.1) is 0 Å². The predicted octanol–water partition coefficient (Wildman–Crippen LogP) is 2.32. The molecule has 5 heteroatoms. The number of para-hydroxylation sites is 1. The van der Waals surface area contributed by atoms with Gasteiger partial charge in [0.15, 0.2) is 0 Å². The molecule has 3 rings (SSSR count). The third-order valence-corrected chi connectivity index (χ3v) is 4.04. The number of carbonyl (C=O) groups is 1. The molecule has 2 aromatic carbocycles. The summed E-state index contributed by atoms with van der Waals surface area (Å²) in [4.78, 5) is 29.1. The summed E-state index contributed by atoms with van der Waals surface area (Å²) in [6.07, 6.45) is 2.19. The fourth-order valence-corrected chi connectivity index (χ4v) is 2.61. The number of hydrogen-bond acceptors (Lipinski definition) is 3. The summed E-state index contributed by atoms with van der Waals surface area (Å²) in [7, 11) is 0. The van der Waals surface area contributed by atoms with Crippen LogP contribution in [0, 0.1) is 0 Å². The first-order valence-electron chi connectivity index (χ1n) is 7.94. The molecule has 1 atom stereocenters. The third-order valence-electron chi connectivity index (χ3n) is 4.04. The Morgan fingerprint density at radius 3 is 2.62 bits per heavy atom. The number of hydrogen-bond donors (Lipinski definition) is 1. The quantitative estimate of drug-likeness (QED) is 0.784. The number of amides is 1. The lowest BCUT2D eigenvalue weighted by Crippen LogP contribution is -2.36. The summed E-state index contributed by atoms with van der Waals surface area (Å²) in [5.41, 5.74) is 1.59. The van der Waals surface area contributed by atoms with Crippen LogP contribution in [-0.2, 0) is 11.2 Å². The summed E-state index contributed by atoms with van der Waals surface area (Å²) in [5.74, 6) is -0.190. The van der Waals surface area contributed by atoms with Crippen LogP contribution >= 0.6 is 0 Å². The van der Waals surface area contributed by atoms with Crippen LogP contribution in [0.2, 0.25) is 0 Å². The van der Waals surface area contributed by atoms with E-state index in [4.69, 9.17) is 0 Å². The van der Waals surface area contributed by atoms with Crippen LogP contribution < -0.4 is 10.9 Å². The first kappa shape index (κ1) is 15.9. The average Bonchev–Trinajstić information content (AvgIpc) is 2.62. The molecule has 0 radical (unpaired) electrons. The van der Waals surface area contributed by atoms with Crippen LogP contribution in [0.15, 0.2) is 65.7 Å². The van der Waals surface area contributed by atoms with E-state index in [2.05, 4.69) is 10.3 Å². The van der Waals surface area contributed by atoms with E-state index in [1.54, 1.807) is 25.1 Å². The smallest absolute Gasteiger partial charge is 0.261 e. The Labute approximate surface area is 140 Å². The number of rotatable bonds is 5. The molecule has 0 aliphatic heterocycles. The van der Waals surface area contributed by atoms with Crippen LogP contribution in [0.1, 0.15) is 18.5 Å². The molecule has 0 fully saturated rings. The van der Waals surface area contributed by atoms with Crippen molar-refractivity contribution in [1.82, 2.24) is 14.9 Å². The maximum absolute atomic E-state index is 12.5. The van der Waals surface area contributed by atoms with Gasteiger partial charge in [0.2, 0.25) is 5.91 Å². The lowest BCUT2D eigenvalue weighted by molar-refractivity contribution is -0.123. The van der Waals surface area contributed by atoms with Gasteiger partial charge < -0.3 is 5.32 Å². The van der Waals surface area contributed by atoms with E-state index in [1.807, 2.05) is 36.4 Å². The van der Waals surface area contributed by atoms with Crippen LogP contribution in [0.5, 0.6) is 0 Å². The lowest BCUT2D eigenvalue weighted by atomic mass is 10.1. The molecule has 0 aliphatic carbocycles. The van der Waals surface area contributed by atoms with Gasteiger partial charge in [0.1, 0.15) is 6.04 Å². The summed E-state index contributed by atoms with van der Waals surface area (Å²) < 4.78 is 1.38. The lowest BCUT2D eigenvalue weighted by Gasteiger charge is -2.15. The van der Waals surface area contributed by atoms with Crippen molar-refractivity contribution < 1.29 is 4.79 Å². The fourth-order valence-electron chi connectivity index (χ4n) is 2.61. The highest BCUT2D eigenvalue weighted by molar-refractivity contribution is 5.81. The van der Waals surface area contributed by atoms with E-state index in [0.717, 1.165) is 12.0 Å². The van der Waals surface area contributed by atoms with Crippen molar-refractivity contribution in [2.24, 2.45) is 0 Å². The molecule has 5 nitrogen and oxygen atoms in total. The molecule has 0 saturated heterocycles. The summed E-state index contributed by atoms with van der Waals surface area (Å²) in [5, 5.41) is 3.40. The van der Waals surface area contributed by atoms with E-state index in [-0.39, 0.29) is 11.5 Å². The molecule has 0 saturated carbocycles. The van der Waals surface area contributed by atoms with Gasteiger partial charge in [-0.2, -0.15) is 0 Å². The van der Waals surface area contributed by atoms with Crippen molar-refractivity contribution in [3.63, 3.8) is 0 Å². The number of benzene rings is 2. The topological polar surface area (TPSA) is 64.0 Å². The molecule has 1 unspecified atom stereocenters. The predicted molar refractivity (Wildman–Crippen MR) is 93.9 cm³/mol. The molecule has 3 aromatic rings. The first-order chi connectivity index (χ1) is 11.7. The number of nitrogens with one attached hydrogen (secondary N) is 1. The van der Waals surface area contributed by atoms with Crippen molar-refractivity contribution in [3.05, 3.63) is 76.8 Å². The van der Waals surface area contributed by atoms with Crippen LogP contribution in [-0.4, -0.2) is 22.0 Å². The largest absolute Gasteiger partial charge is 0.354 e. The molecular formula is C19H19N3O2. The second-order valence-corrected chi connectivity index (χ2v) is 5.68. The maximum Gasteiger partial charge on any atom is 0.261 e. The van der Waals surface area contributed by atoms with Crippen molar-refractivity contribution >= 4 is 16.8 Å². The average molecular weight is 321 g/mol. The second-order valence-electron chi connectivity index (χ2n) is 5.68. The highest BCUT2D eigenvalue weighted by Gasteiger charge is 2.17. The highest BCUT2D eigenvalue weighted by atomic mass is 16.2. The molecule has 0 aliphatic rings. The second kappa shape index (κ2) is 7.08. The molecular weight excluding hydrogens is 302 g/mol. The Kier molecular flexibility index (Phi) is 4.70. The molecule has 24 heavy (non-hydrogen) atoms. The Morgan fingerprint density at radius 2 is 1.83 bits per heavy atom. The van der Waals surface area contributed by atoms with Crippen LogP contribution in [0.25, 0.3) is 10.9 Å². The fraction of sp³-hybridized carbons (Fsp3) is 0.211. The van der Waals surface area contributed by atoms with Gasteiger partial charge >= 0.3 is 0 Å². The SMILES string of the molecule is CC(C(=O)NCCc1ccccc1)n1cnc2ccccc2c1=O. The minimum absolute atomic E-state index is 0.190. The zero-order valence-corrected chi connectivity index (χ0v) is 13.5. The number of aromatic nitrogens is 2.